The topological polar surface area (TPSA) is 35.2 Å². The Morgan fingerprint density at radius 3 is 2.50 bits per heavy atom. The Labute approximate surface area is 83.3 Å². The lowest BCUT2D eigenvalue weighted by Gasteiger charge is -2.07. The Morgan fingerprint density at radius 1 is 1.07 bits per heavy atom. The molecule has 0 aliphatic rings. The fourth-order valence-electron chi connectivity index (χ4n) is 1.70. The normalized spacial score (nSPS) is 10.4. The van der Waals surface area contributed by atoms with Gasteiger partial charge in [-0.25, -0.2) is 0 Å². The van der Waals surface area contributed by atoms with E-state index >= 15 is 0 Å². The molecule has 0 aliphatic heterocycles. The zero-order valence-electron chi connectivity index (χ0n) is 8.16. The Bertz CT molecular complexity index is 408. The maximum atomic E-state index is 5.67. The smallest absolute Gasteiger partial charge is 0.126 e. The monoisotopic (exact) mass is 187 g/mol. The zero-order chi connectivity index (χ0) is 9.97. The van der Waals surface area contributed by atoms with Crippen molar-refractivity contribution < 1.29 is 4.74 Å². The first-order chi connectivity index (χ1) is 6.86. The van der Waals surface area contributed by atoms with Gasteiger partial charge in [-0.1, -0.05) is 30.3 Å². The summed E-state index contributed by atoms with van der Waals surface area (Å²) in [7, 11) is 1.68. The van der Waals surface area contributed by atoms with Crippen LogP contribution >= 0.6 is 0 Å². The van der Waals surface area contributed by atoms with Gasteiger partial charge in [-0.3, -0.25) is 0 Å². The molecule has 0 fully saturated rings. The number of methoxy groups -OCH3 is 1. The van der Waals surface area contributed by atoms with Crippen molar-refractivity contribution in [3.8, 4) is 5.75 Å². The van der Waals surface area contributed by atoms with Gasteiger partial charge in [0, 0.05) is 11.9 Å². The van der Waals surface area contributed by atoms with Crippen LogP contribution in [0.3, 0.4) is 0 Å². The van der Waals surface area contributed by atoms with Crippen LogP contribution < -0.4 is 10.5 Å². The molecule has 2 rings (SSSR count). The van der Waals surface area contributed by atoms with Crippen LogP contribution in [0.1, 0.15) is 5.56 Å². The molecule has 0 amide bonds. The maximum absolute atomic E-state index is 5.67. The van der Waals surface area contributed by atoms with Crippen LogP contribution in [0.2, 0.25) is 0 Å². The van der Waals surface area contributed by atoms with E-state index in [0.29, 0.717) is 6.54 Å². The molecule has 14 heavy (non-hydrogen) atoms. The highest BCUT2D eigenvalue weighted by molar-refractivity contribution is 5.90. The minimum atomic E-state index is 0.560. The average Bonchev–Trinajstić information content (AvgIpc) is 2.27. The van der Waals surface area contributed by atoms with Gasteiger partial charge in [-0.05, 0) is 17.0 Å². The molecule has 2 aromatic carbocycles. The summed E-state index contributed by atoms with van der Waals surface area (Å²) in [6, 6.07) is 12.1. The van der Waals surface area contributed by atoms with Crippen LogP contribution in [-0.2, 0) is 6.54 Å². The van der Waals surface area contributed by atoms with Gasteiger partial charge in [0.25, 0.3) is 0 Å². The number of hydrogen-bond acceptors (Lipinski definition) is 2. The quantitative estimate of drug-likeness (QED) is 0.783. The lowest BCUT2D eigenvalue weighted by atomic mass is 10.0. The van der Waals surface area contributed by atoms with E-state index in [-0.39, 0.29) is 0 Å². The fourth-order valence-corrected chi connectivity index (χ4v) is 1.70. The van der Waals surface area contributed by atoms with E-state index in [1.165, 1.54) is 5.39 Å². The number of benzene rings is 2. The first-order valence-corrected chi connectivity index (χ1v) is 4.61. The number of nitrogens with two attached hydrogens (primary N) is 1. The summed E-state index contributed by atoms with van der Waals surface area (Å²) >= 11 is 0. The standard InChI is InChI=1S/C12H13NO/c1-14-12-7-3-5-10-9(8-13)4-2-6-11(10)12/h2-7H,8,13H2,1H3. The van der Waals surface area contributed by atoms with E-state index < -0.39 is 0 Å². The molecular formula is C12H13NO. The molecule has 0 heterocycles. The largest absolute Gasteiger partial charge is 0.496 e. The second-order valence-electron chi connectivity index (χ2n) is 3.18. The van der Waals surface area contributed by atoms with Gasteiger partial charge >= 0.3 is 0 Å². The van der Waals surface area contributed by atoms with E-state index in [4.69, 9.17) is 10.5 Å². The Hall–Kier alpha value is -1.54. The average molecular weight is 187 g/mol. The molecule has 0 radical (unpaired) electrons. The molecule has 0 aliphatic carbocycles. The van der Waals surface area contributed by atoms with E-state index in [1.807, 2.05) is 30.3 Å². The molecule has 2 N–H and O–H groups in total. The third-order valence-corrected chi connectivity index (χ3v) is 2.41. The van der Waals surface area contributed by atoms with Gasteiger partial charge in [0.2, 0.25) is 0 Å². The first-order valence-electron chi connectivity index (χ1n) is 4.61. The van der Waals surface area contributed by atoms with Crippen LogP contribution in [0, 0.1) is 0 Å². The van der Waals surface area contributed by atoms with Crippen LogP contribution in [0.5, 0.6) is 5.75 Å². The van der Waals surface area contributed by atoms with Gasteiger partial charge in [0.05, 0.1) is 7.11 Å². The van der Waals surface area contributed by atoms with Gasteiger partial charge in [0.1, 0.15) is 5.75 Å². The number of rotatable bonds is 2. The van der Waals surface area contributed by atoms with E-state index in [2.05, 4.69) is 6.07 Å². The summed E-state index contributed by atoms with van der Waals surface area (Å²) in [4.78, 5) is 0. The van der Waals surface area contributed by atoms with E-state index in [1.54, 1.807) is 7.11 Å². The molecule has 0 bridgehead atoms. The van der Waals surface area contributed by atoms with Gasteiger partial charge < -0.3 is 10.5 Å². The predicted molar refractivity (Wildman–Crippen MR) is 58.4 cm³/mol. The zero-order valence-corrected chi connectivity index (χ0v) is 8.16. The van der Waals surface area contributed by atoms with Crippen molar-refractivity contribution in [1.29, 1.82) is 0 Å². The SMILES string of the molecule is COc1cccc2c(CN)cccc12. The van der Waals surface area contributed by atoms with E-state index in [9.17, 15) is 0 Å². The molecule has 0 saturated heterocycles. The van der Waals surface area contributed by atoms with Crippen molar-refractivity contribution in [2.24, 2.45) is 5.73 Å². The Morgan fingerprint density at radius 2 is 1.79 bits per heavy atom. The van der Waals surface area contributed by atoms with E-state index in [0.717, 1.165) is 16.7 Å². The molecule has 0 saturated carbocycles. The summed E-state index contributed by atoms with van der Waals surface area (Å²) < 4.78 is 5.29. The van der Waals surface area contributed by atoms with Crippen molar-refractivity contribution in [2.45, 2.75) is 6.54 Å². The molecule has 0 unspecified atom stereocenters. The van der Waals surface area contributed by atoms with Crippen LogP contribution in [0.4, 0.5) is 0 Å². The minimum absolute atomic E-state index is 0.560. The summed E-state index contributed by atoms with van der Waals surface area (Å²) in [6.07, 6.45) is 0. The fraction of sp³-hybridized carbons (Fsp3) is 0.167. The lowest BCUT2D eigenvalue weighted by molar-refractivity contribution is 0.420. The van der Waals surface area contributed by atoms with Crippen LogP contribution in [0.15, 0.2) is 36.4 Å². The second-order valence-corrected chi connectivity index (χ2v) is 3.18. The molecule has 0 aromatic heterocycles. The Kier molecular flexibility index (Phi) is 2.37. The number of fused-ring (bicyclic) bond motifs is 1. The number of ether oxygens (including phenoxy) is 1. The number of hydrogen-bond donors (Lipinski definition) is 1. The van der Waals surface area contributed by atoms with Crippen molar-refractivity contribution in [3.05, 3.63) is 42.0 Å². The minimum Gasteiger partial charge on any atom is -0.496 e. The highest BCUT2D eigenvalue weighted by Gasteiger charge is 2.02. The van der Waals surface area contributed by atoms with Gasteiger partial charge in [-0.15, -0.1) is 0 Å². The third kappa shape index (κ3) is 1.34. The summed E-state index contributed by atoms with van der Waals surface area (Å²) in [6.45, 7) is 0.560. The molecule has 2 nitrogen and oxygen atoms in total. The lowest BCUT2D eigenvalue weighted by Crippen LogP contribution is -1.97. The van der Waals surface area contributed by atoms with Crippen molar-refractivity contribution >= 4 is 10.8 Å². The van der Waals surface area contributed by atoms with Crippen molar-refractivity contribution in [3.63, 3.8) is 0 Å². The second kappa shape index (κ2) is 3.68. The molecule has 2 aromatic rings. The third-order valence-electron chi connectivity index (χ3n) is 2.41. The molecular weight excluding hydrogens is 174 g/mol. The molecule has 2 heteroatoms. The van der Waals surface area contributed by atoms with Gasteiger partial charge in [0.15, 0.2) is 0 Å². The van der Waals surface area contributed by atoms with Gasteiger partial charge in [-0.2, -0.15) is 0 Å². The molecule has 0 atom stereocenters. The predicted octanol–water partition coefficient (Wildman–Crippen LogP) is 2.31. The molecule has 72 valence electrons. The first kappa shape index (κ1) is 9.03. The Balaban J connectivity index is 2.77. The summed E-state index contributed by atoms with van der Waals surface area (Å²) in [5, 5.41) is 2.30. The maximum Gasteiger partial charge on any atom is 0.126 e. The van der Waals surface area contributed by atoms with Crippen LogP contribution in [-0.4, -0.2) is 7.11 Å². The highest BCUT2D eigenvalue weighted by Crippen LogP contribution is 2.27. The summed E-state index contributed by atoms with van der Waals surface area (Å²) in [5.41, 5.74) is 6.82. The van der Waals surface area contributed by atoms with Crippen molar-refractivity contribution in [1.82, 2.24) is 0 Å². The van der Waals surface area contributed by atoms with Crippen molar-refractivity contribution in [2.75, 3.05) is 7.11 Å². The van der Waals surface area contributed by atoms with Crippen LogP contribution in [0.25, 0.3) is 10.8 Å². The highest BCUT2D eigenvalue weighted by atomic mass is 16.5. The summed E-state index contributed by atoms with van der Waals surface area (Å²) in [5.74, 6) is 0.901. The molecule has 0 spiro atoms.